The summed E-state index contributed by atoms with van der Waals surface area (Å²) < 4.78 is 148. The van der Waals surface area contributed by atoms with Crippen LogP contribution in [0.4, 0.5) is 32.0 Å². The Morgan fingerprint density at radius 1 is 0.621 bits per heavy atom. The van der Waals surface area contributed by atoms with Gasteiger partial charge in [-0.3, -0.25) is 9.59 Å². The van der Waals surface area contributed by atoms with Crippen molar-refractivity contribution in [1.82, 2.24) is 13.5 Å². The Morgan fingerprint density at radius 2 is 1.09 bits per heavy atom. The normalized spacial score (nSPS) is 19.9. The van der Waals surface area contributed by atoms with Crippen molar-refractivity contribution in [1.29, 1.82) is 0 Å². The molecular weight excluding hydrogens is 923 g/mol. The molecule has 0 atom stereocenters. The maximum absolute atomic E-state index is 14.0. The lowest BCUT2D eigenvalue weighted by Gasteiger charge is -2.44. The van der Waals surface area contributed by atoms with Gasteiger partial charge in [0.25, 0.3) is 0 Å². The number of piperazine rings is 1. The molecule has 1 aliphatic carbocycles. The number of nitrogens with zero attached hydrogens (tertiary/aromatic N) is 4. The highest BCUT2D eigenvalue weighted by atomic mass is 32.2. The third kappa shape index (κ3) is 15.3. The number of anilines is 1. The molecule has 6 rings (SSSR count). The zero-order valence-electron chi connectivity index (χ0n) is 38.2. The molecule has 1 saturated carbocycles. The van der Waals surface area contributed by atoms with Crippen LogP contribution in [0.15, 0.2) is 48.5 Å². The second kappa shape index (κ2) is 20.8. The van der Waals surface area contributed by atoms with E-state index in [2.05, 4.69) is 9.64 Å². The average molecular weight is 985 g/mol. The molecule has 3 saturated heterocycles. The second-order valence-electron chi connectivity index (χ2n) is 19.0. The summed E-state index contributed by atoms with van der Waals surface area (Å²) in [5.74, 6) is -1.86. The van der Waals surface area contributed by atoms with Gasteiger partial charge in [0, 0.05) is 64.1 Å². The van der Waals surface area contributed by atoms with Gasteiger partial charge < -0.3 is 28.7 Å². The Labute approximate surface area is 383 Å². The van der Waals surface area contributed by atoms with E-state index < -0.39 is 79.3 Å². The van der Waals surface area contributed by atoms with Crippen molar-refractivity contribution in [2.24, 2.45) is 0 Å². The van der Waals surface area contributed by atoms with E-state index in [1.807, 2.05) is 4.90 Å². The van der Waals surface area contributed by atoms with Gasteiger partial charge in [-0.1, -0.05) is 12.1 Å². The molecule has 0 radical (unpaired) electrons. The molecule has 14 nitrogen and oxygen atoms in total. The largest absolute Gasteiger partial charge is 0.484 e. The van der Waals surface area contributed by atoms with Gasteiger partial charge >= 0.3 is 24.3 Å². The fourth-order valence-electron chi connectivity index (χ4n) is 8.06. The van der Waals surface area contributed by atoms with Crippen molar-refractivity contribution in [3.8, 4) is 11.5 Å². The fourth-order valence-corrected chi connectivity index (χ4v) is 11.5. The average Bonchev–Trinajstić information content (AvgIpc) is 4.07. The first-order chi connectivity index (χ1) is 30.5. The molecule has 66 heavy (non-hydrogen) atoms. The Hall–Kier alpha value is -3.86. The lowest BCUT2D eigenvalue weighted by molar-refractivity contribution is -0.160. The molecule has 2 aromatic carbocycles. The Balaban J connectivity index is 0.000000256. The van der Waals surface area contributed by atoms with E-state index in [4.69, 9.17) is 14.2 Å². The first-order valence-corrected chi connectivity index (χ1v) is 25.0. The van der Waals surface area contributed by atoms with E-state index in [-0.39, 0.29) is 56.4 Å². The number of likely N-dealkylation sites (tertiary alicyclic amines) is 1. The molecule has 4 aliphatic rings. The molecule has 0 unspecified atom stereocenters. The first-order valence-electron chi connectivity index (χ1n) is 22.0. The smallest absolute Gasteiger partial charge is 0.422 e. The summed E-state index contributed by atoms with van der Waals surface area (Å²) in [5, 5.41) is 0. The number of hydrogen-bond acceptors (Lipinski definition) is 12. The number of hydrogen-bond donors (Lipinski definition) is 0. The maximum Gasteiger partial charge on any atom is 0.422 e. The molecule has 372 valence electrons. The number of carbonyl (C=O) groups is 2. The van der Waals surface area contributed by atoms with E-state index >= 15 is 0 Å². The maximum atomic E-state index is 14.0. The third-order valence-electron chi connectivity index (χ3n) is 11.4. The van der Waals surface area contributed by atoms with Gasteiger partial charge in [0.05, 0.1) is 0 Å². The number of halogens is 6. The number of carbonyl (C=O) groups excluding carboxylic acids is 2. The van der Waals surface area contributed by atoms with Crippen LogP contribution >= 0.6 is 0 Å². The van der Waals surface area contributed by atoms with Gasteiger partial charge in [0.1, 0.15) is 22.7 Å². The zero-order chi connectivity index (χ0) is 48.9. The minimum Gasteiger partial charge on any atom is -0.484 e. The second-order valence-corrected chi connectivity index (χ2v) is 23.3. The standard InChI is InChI=1S/C26H37F3N2O5S.C18H25F3N2O5S/c1-24(2,3)36-23(32)25(12-16-30(17-13-25)21-6-7-21)37(33,34)31-14-10-20(11-15-31)19-4-8-22(9-5-19)35-18-26(27,28)29;1-17(2,3)28-16(24)12-29(25,26)23-10-8-22(9-11-23)14-4-6-15(7-5-14)27-13-18(19,20)21/h4-5,8-9,20-21H,6-7,10-18H2,1-3H3;4-7H,8-13H2,1-3H3. The summed E-state index contributed by atoms with van der Waals surface area (Å²) in [7, 11) is -7.76. The summed E-state index contributed by atoms with van der Waals surface area (Å²) in [6.07, 6.45) is -5.01. The van der Waals surface area contributed by atoms with Crippen LogP contribution in [0.1, 0.15) is 91.5 Å². The van der Waals surface area contributed by atoms with Crippen LogP contribution in [0.2, 0.25) is 0 Å². The van der Waals surface area contributed by atoms with Crippen LogP contribution < -0.4 is 14.4 Å². The van der Waals surface area contributed by atoms with Crippen molar-refractivity contribution in [2.45, 2.75) is 120 Å². The van der Waals surface area contributed by atoms with Crippen molar-refractivity contribution in [2.75, 3.05) is 76.2 Å². The molecule has 0 N–H and O–H groups in total. The minimum absolute atomic E-state index is 0.0670. The highest BCUT2D eigenvalue weighted by Crippen LogP contribution is 2.41. The molecule has 0 spiro atoms. The van der Waals surface area contributed by atoms with Crippen LogP contribution in [0, 0.1) is 0 Å². The first kappa shape index (κ1) is 53.1. The monoisotopic (exact) mass is 984 g/mol. The van der Waals surface area contributed by atoms with E-state index in [9.17, 15) is 52.8 Å². The van der Waals surface area contributed by atoms with Crippen molar-refractivity contribution in [3.63, 3.8) is 0 Å². The van der Waals surface area contributed by atoms with E-state index in [1.165, 1.54) is 32.9 Å². The Morgan fingerprint density at radius 3 is 1.53 bits per heavy atom. The number of piperidine rings is 2. The molecule has 4 fully saturated rings. The molecule has 3 aliphatic heterocycles. The Bertz CT molecular complexity index is 2150. The van der Waals surface area contributed by atoms with Gasteiger partial charge in [-0.15, -0.1) is 0 Å². The number of sulfonamides is 2. The highest BCUT2D eigenvalue weighted by molar-refractivity contribution is 7.91. The number of alkyl halides is 6. The Kier molecular flexibility index (Phi) is 16.7. The number of ether oxygens (including phenoxy) is 4. The fraction of sp³-hybridized carbons (Fsp3) is 0.682. The lowest BCUT2D eigenvalue weighted by atomic mass is 9.90. The number of esters is 2. The lowest BCUT2D eigenvalue weighted by Crippen LogP contribution is -2.61. The van der Waals surface area contributed by atoms with E-state index in [0.717, 1.165) is 24.1 Å². The molecular formula is C44H62F6N4O10S2. The van der Waals surface area contributed by atoms with Crippen LogP contribution in [0.3, 0.4) is 0 Å². The van der Waals surface area contributed by atoms with Crippen molar-refractivity contribution >= 4 is 37.7 Å². The number of rotatable bonds is 13. The van der Waals surface area contributed by atoms with Gasteiger partial charge in [-0.2, -0.15) is 30.6 Å². The third-order valence-corrected chi connectivity index (χ3v) is 15.8. The predicted octanol–water partition coefficient (Wildman–Crippen LogP) is 6.90. The summed E-state index contributed by atoms with van der Waals surface area (Å²) in [5.41, 5.74) is 0.113. The molecule has 22 heteroatoms. The van der Waals surface area contributed by atoms with Crippen molar-refractivity contribution in [3.05, 3.63) is 54.1 Å². The summed E-state index contributed by atoms with van der Waals surface area (Å²) in [6.45, 7) is 10.3. The van der Waals surface area contributed by atoms with E-state index in [0.29, 0.717) is 45.1 Å². The predicted molar refractivity (Wildman–Crippen MR) is 234 cm³/mol. The van der Waals surface area contributed by atoms with Crippen LogP contribution in [-0.2, 0) is 39.1 Å². The minimum atomic E-state index is -4.40. The molecule has 0 amide bonds. The van der Waals surface area contributed by atoms with Crippen LogP contribution in [-0.4, -0.2) is 148 Å². The van der Waals surface area contributed by atoms with Gasteiger partial charge in [-0.05, 0) is 128 Å². The quantitative estimate of drug-likeness (QED) is 0.152. The van der Waals surface area contributed by atoms with Crippen molar-refractivity contribution < 1.29 is 71.7 Å². The van der Waals surface area contributed by atoms with Gasteiger partial charge in [0.15, 0.2) is 23.7 Å². The van der Waals surface area contributed by atoms with Gasteiger partial charge in [-0.25, -0.2) is 21.1 Å². The number of benzene rings is 2. The zero-order valence-corrected chi connectivity index (χ0v) is 39.9. The molecule has 0 bridgehead atoms. The molecule has 0 aromatic heterocycles. The highest BCUT2D eigenvalue weighted by Gasteiger charge is 2.57. The summed E-state index contributed by atoms with van der Waals surface area (Å²) in [6, 6.07) is 13.1. The van der Waals surface area contributed by atoms with E-state index in [1.54, 1.807) is 65.8 Å². The molecule has 2 aromatic rings. The topological polar surface area (TPSA) is 152 Å². The van der Waals surface area contributed by atoms with Gasteiger partial charge in [0.2, 0.25) is 20.0 Å². The summed E-state index contributed by atoms with van der Waals surface area (Å²) >= 11 is 0. The molecule has 3 heterocycles. The van der Waals surface area contributed by atoms with Crippen LogP contribution in [0.25, 0.3) is 0 Å². The van der Waals surface area contributed by atoms with Crippen LogP contribution in [0.5, 0.6) is 11.5 Å². The summed E-state index contributed by atoms with van der Waals surface area (Å²) in [4.78, 5) is 29.4. The SMILES string of the molecule is CC(C)(C)OC(=O)C1(S(=O)(=O)N2CCC(c3ccc(OCC(F)(F)F)cc3)CC2)CCN(C2CC2)CC1.CC(C)(C)OC(=O)CS(=O)(=O)N1CCN(c2ccc(OCC(F)(F)F)cc2)CC1.